The van der Waals surface area contributed by atoms with Crippen molar-refractivity contribution in [1.29, 1.82) is 0 Å². The van der Waals surface area contributed by atoms with Gasteiger partial charge in [-0.25, -0.2) is 4.39 Å². The Labute approximate surface area is 144 Å². The van der Waals surface area contributed by atoms with Crippen molar-refractivity contribution in [3.63, 3.8) is 0 Å². The summed E-state index contributed by atoms with van der Waals surface area (Å²) in [6, 6.07) is 8.80. The number of amides is 1. The molecule has 0 radical (unpaired) electrons. The van der Waals surface area contributed by atoms with Crippen molar-refractivity contribution in [1.82, 2.24) is 0 Å². The maximum atomic E-state index is 13.2. The molecule has 0 aliphatic rings. The predicted molar refractivity (Wildman–Crippen MR) is 94.4 cm³/mol. The van der Waals surface area contributed by atoms with E-state index in [4.69, 9.17) is 29.6 Å². The third-order valence-electron chi connectivity index (χ3n) is 2.67. The minimum Gasteiger partial charge on any atom is -0.389 e. The normalized spacial score (nSPS) is 10.2. The molecule has 1 amide bonds. The highest BCUT2D eigenvalue weighted by Gasteiger charge is 2.14. The van der Waals surface area contributed by atoms with Gasteiger partial charge in [-0.05, 0) is 59.0 Å². The van der Waals surface area contributed by atoms with E-state index in [9.17, 15) is 9.18 Å². The lowest BCUT2D eigenvalue weighted by Gasteiger charge is -2.11. The van der Waals surface area contributed by atoms with E-state index in [-0.39, 0.29) is 16.5 Å². The molecule has 0 heterocycles. The lowest BCUT2D eigenvalue weighted by Crippen LogP contribution is -2.18. The number of nitrogens with two attached hydrogens (primary N) is 1. The van der Waals surface area contributed by atoms with Crippen molar-refractivity contribution in [2.75, 3.05) is 5.32 Å². The Bertz CT molecular complexity index is 739. The van der Waals surface area contributed by atoms with Crippen LogP contribution in [-0.2, 0) is 0 Å². The first-order valence-electron chi connectivity index (χ1n) is 5.74. The van der Waals surface area contributed by atoms with Crippen LogP contribution < -0.4 is 11.1 Å². The van der Waals surface area contributed by atoms with Gasteiger partial charge in [-0.1, -0.05) is 23.8 Å². The Morgan fingerprint density at radius 2 is 1.95 bits per heavy atom. The van der Waals surface area contributed by atoms with Crippen LogP contribution in [0.2, 0.25) is 5.02 Å². The molecule has 0 spiro atoms. The van der Waals surface area contributed by atoms with Crippen LogP contribution in [0.4, 0.5) is 10.1 Å². The molecule has 108 valence electrons. The van der Waals surface area contributed by atoms with E-state index in [1.807, 2.05) is 22.6 Å². The second-order valence-corrected chi connectivity index (χ2v) is 6.17. The zero-order valence-electron chi connectivity index (χ0n) is 10.5. The molecule has 0 saturated carbocycles. The number of carbonyl (C=O) groups excluding carboxylic acids is 1. The van der Waals surface area contributed by atoms with Gasteiger partial charge >= 0.3 is 0 Å². The minimum atomic E-state index is -0.479. The number of halogens is 3. The summed E-state index contributed by atoms with van der Waals surface area (Å²) in [6.45, 7) is 0. The Morgan fingerprint density at radius 3 is 2.62 bits per heavy atom. The molecule has 0 aliphatic heterocycles. The minimum absolute atomic E-state index is 0.00518. The van der Waals surface area contributed by atoms with E-state index in [2.05, 4.69) is 5.32 Å². The fourth-order valence-corrected chi connectivity index (χ4v) is 2.61. The summed E-state index contributed by atoms with van der Waals surface area (Å²) in [6.07, 6.45) is 0. The molecule has 3 N–H and O–H groups in total. The molecule has 0 aliphatic carbocycles. The fourth-order valence-electron chi connectivity index (χ4n) is 1.69. The molecule has 0 atom stereocenters. The zero-order valence-corrected chi connectivity index (χ0v) is 14.2. The summed E-state index contributed by atoms with van der Waals surface area (Å²) >= 11 is 12.8. The summed E-state index contributed by atoms with van der Waals surface area (Å²) in [5.74, 6) is -0.848. The SMILES string of the molecule is NC(=S)c1cc(F)ccc1NC(=O)c1cc(Cl)ccc1I. The van der Waals surface area contributed by atoms with Gasteiger partial charge in [0.05, 0.1) is 11.3 Å². The maximum absolute atomic E-state index is 13.2. The Balaban J connectivity index is 2.36. The molecule has 0 aromatic heterocycles. The van der Waals surface area contributed by atoms with Gasteiger partial charge < -0.3 is 11.1 Å². The van der Waals surface area contributed by atoms with Crippen LogP contribution >= 0.6 is 46.4 Å². The van der Waals surface area contributed by atoms with Gasteiger partial charge in [0, 0.05) is 14.2 Å². The third-order valence-corrected chi connectivity index (χ3v) is 4.06. The molecule has 7 heteroatoms. The lowest BCUT2D eigenvalue weighted by molar-refractivity contribution is 0.102. The number of nitrogens with one attached hydrogen (secondary N) is 1. The zero-order chi connectivity index (χ0) is 15.6. The molecule has 0 bridgehead atoms. The fraction of sp³-hybridized carbons (Fsp3) is 0. The van der Waals surface area contributed by atoms with E-state index in [1.54, 1.807) is 18.2 Å². The average Bonchev–Trinajstić information content (AvgIpc) is 2.43. The first kappa shape index (κ1) is 16.1. The molecular weight excluding hydrogens is 426 g/mol. The van der Waals surface area contributed by atoms with Crippen LogP contribution in [0.25, 0.3) is 0 Å². The van der Waals surface area contributed by atoms with Crippen molar-refractivity contribution in [3.05, 3.63) is 61.9 Å². The lowest BCUT2D eigenvalue weighted by atomic mass is 10.1. The van der Waals surface area contributed by atoms with Crippen LogP contribution in [0.3, 0.4) is 0 Å². The van der Waals surface area contributed by atoms with Crippen molar-refractivity contribution in [3.8, 4) is 0 Å². The predicted octanol–water partition coefficient (Wildman–Crippen LogP) is 3.97. The number of benzene rings is 2. The summed E-state index contributed by atoms with van der Waals surface area (Å²) in [5, 5.41) is 3.12. The van der Waals surface area contributed by atoms with Crippen LogP contribution in [0.5, 0.6) is 0 Å². The van der Waals surface area contributed by atoms with Crippen LogP contribution in [0.1, 0.15) is 15.9 Å². The summed E-state index contributed by atoms with van der Waals surface area (Å²) < 4.78 is 14.0. The van der Waals surface area contributed by atoms with Gasteiger partial charge in [-0.2, -0.15) is 0 Å². The summed E-state index contributed by atoms with van der Waals surface area (Å²) in [5.41, 5.74) is 6.59. The molecule has 0 saturated heterocycles. The Hall–Kier alpha value is -1.25. The third kappa shape index (κ3) is 3.90. The highest BCUT2D eigenvalue weighted by atomic mass is 127. The van der Waals surface area contributed by atoms with Crippen molar-refractivity contribution < 1.29 is 9.18 Å². The number of hydrogen-bond acceptors (Lipinski definition) is 2. The number of thiocarbonyl (C=S) groups is 1. The van der Waals surface area contributed by atoms with Crippen molar-refractivity contribution in [2.45, 2.75) is 0 Å². The molecule has 0 unspecified atom stereocenters. The molecular formula is C14H9ClFIN2OS. The second kappa shape index (κ2) is 6.67. The molecule has 21 heavy (non-hydrogen) atoms. The van der Waals surface area contributed by atoms with Crippen LogP contribution in [0.15, 0.2) is 36.4 Å². The number of hydrogen-bond donors (Lipinski definition) is 2. The molecule has 2 aromatic rings. The topological polar surface area (TPSA) is 55.1 Å². The maximum Gasteiger partial charge on any atom is 0.256 e. The number of carbonyl (C=O) groups is 1. The highest BCUT2D eigenvalue weighted by Crippen LogP contribution is 2.22. The van der Waals surface area contributed by atoms with E-state index < -0.39 is 5.82 Å². The van der Waals surface area contributed by atoms with E-state index in [0.29, 0.717) is 16.3 Å². The monoisotopic (exact) mass is 434 g/mol. The first-order chi connectivity index (χ1) is 9.88. The van der Waals surface area contributed by atoms with E-state index >= 15 is 0 Å². The smallest absolute Gasteiger partial charge is 0.256 e. The van der Waals surface area contributed by atoms with Crippen molar-refractivity contribution in [2.24, 2.45) is 5.73 Å². The standard InChI is InChI=1S/C14H9ClFIN2OS/c15-7-1-3-11(17)9(5-7)14(20)19-12-4-2-8(16)6-10(12)13(18)21/h1-6H,(H2,18,21)(H,19,20). The molecule has 2 aromatic carbocycles. The molecule has 3 nitrogen and oxygen atoms in total. The highest BCUT2D eigenvalue weighted by molar-refractivity contribution is 14.1. The average molecular weight is 435 g/mol. The molecule has 2 rings (SSSR count). The first-order valence-corrected chi connectivity index (χ1v) is 7.60. The van der Waals surface area contributed by atoms with Gasteiger partial charge in [-0.15, -0.1) is 0 Å². The van der Waals surface area contributed by atoms with Gasteiger partial charge in [0.2, 0.25) is 0 Å². The van der Waals surface area contributed by atoms with Crippen LogP contribution in [0, 0.1) is 9.39 Å². The summed E-state index contributed by atoms with van der Waals surface area (Å²) in [7, 11) is 0. The second-order valence-electron chi connectivity index (χ2n) is 4.13. The van der Waals surface area contributed by atoms with Gasteiger partial charge in [0.25, 0.3) is 5.91 Å². The molecule has 0 fully saturated rings. The number of rotatable bonds is 3. The van der Waals surface area contributed by atoms with E-state index in [0.717, 1.165) is 3.57 Å². The van der Waals surface area contributed by atoms with Gasteiger partial charge in [0.15, 0.2) is 0 Å². The van der Waals surface area contributed by atoms with Gasteiger partial charge in [0.1, 0.15) is 10.8 Å². The largest absolute Gasteiger partial charge is 0.389 e. The Kier molecular flexibility index (Phi) is 5.13. The number of anilines is 1. The quantitative estimate of drug-likeness (QED) is 0.568. The van der Waals surface area contributed by atoms with Crippen LogP contribution in [-0.4, -0.2) is 10.9 Å². The Morgan fingerprint density at radius 1 is 1.24 bits per heavy atom. The van der Waals surface area contributed by atoms with Gasteiger partial charge in [-0.3, -0.25) is 4.79 Å². The summed E-state index contributed by atoms with van der Waals surface area (Å²) in [4.78, 5) is 12.3. The van der Waals surface area contributed by atoms with E-state index in [1.165, 1.54) is 18.2 Å². The van der Waals surface area contributed by atoms with Crippen molar-refractivity contribution >= 4 is 63.0 Å².